The van der Waals surface area contributed by atoms with E-state index in [0.717, 1.165) is 54.4 Å². The Labute approximate surface area is 193 Å². The molecule has 0 atom stereocenters. The van der Waals surface area contributed by atoms with Crippen LogP contribution in [0.15, 0.2) is 24.4 Å². The molecule has 0 aromatic carbocycles. The van der Waals surface area contributed by atoms with Gasteiger partial charge in [0.25, 0.3) is 5.91 Å². The molecule has 1 aliphatic rings. The van der Waals surface area contributed by atoms with E-state index in [4.69, 9.17) is 0 Å². The third kappa shape index (κ3) is 5.41. The lowest BCUT2D eigenvalue weighted by Gasteiger charge is -2.23. The van der Waals surface area contributed by atoms with Crippen molar-refractivity contribution in [1.29, 1.82) is 0 Å². The van der Waals surface area contributed by atoms with Crippen molar-refractivity contribution in [3.63, 3.8) is 0 Å². The Kier molecular flexibility index (Phi) is 8.55. The molecule has 9 nitrogen and oxygen atoms in total. The molecule has 1 fully saturated rings. The Morgan fingerprint density at radius 3 is 2.55 bits per heavy atom. The fraction of sp³-hybridized carbons (Fsp3) is 0.450. The van der Waals surface area contributed by atoms with Gasteiger partial charge in [-0.2, -0.15) is 5.10 Å². The van der Waals surface area contributed by atoms with Crippen molar-refractivity contribution in [3.05, 3.63) is 52.7 Å². The van der Waals surface area contributed by atoms with E-state index in [1.165, 1.54) is 0 Å². The molecule has 3 aromatic rings. The number of halogens is 2. The quantitative estimate of drug-likeness (QED) is 0.598. The predicted molar refractivity (Wildman–Crippen MR) is 122 cm³/mol. The van der Waals surface area contributed by atoms with Crippen molar-refractivity contribution >= 4 is 30.7 Å². The summed E-state index contributed by atoms with van der Waals surface area (Å²) in [6.07, 6.45) is 3.75. The summed E-state index contributed by atoms with van der Waals surface area (Å²) >= 11 is 0. The molecule has 1 saturated heterocycles. The van der Waals surface area contributed by atoms with E-state index < -0.39 is 0 Å². The van der Waals surface area contributed by atoms with Crippen molar-refractivity contribution in [2.45, 2.75) is 46.2 Å². The van der Waals surface area contributed by atoms with Gasteiger partial charge in [0, 0.05) is 18.4 Å². The van der Waals surface area contributed by atoms with Crippen LogP contribution in [0, 0.1) is 20.8 Å². The summed E-state index contributed by atoms with van der Waals surface area (Å²) < 4.78 is 3.70. The Balaban J connectivity index is 0.00000171. The number of carbonyl (C=O) groups excluding carboxylic acids is 1. The molecule has 0 radical (unpaired) electrons. The van der Waals surface area contributed by atoms with Crippen molar-refractivity contribution in [2.24, 2.45) is 0 Å². The average molecular weight is 467 g/mol. The van der Waals surface area contributed by atoms with Gasteiger partial charge in [-0.15, -0.1) is 29.9 Å². The molecule has 0 unspecified atom stereocenters. The second-order valence-corrected chi connectivity index (χ2v) is 7.50. The van der Waals surface area contributed by atoms with Crippen molar-refractivity contribution in [2.75, 3.05) is 13.1 Å². The number of amides is 1. The molecular formula is C20H28Cl2N8O. The highest BCUT2D eigenvalue weighted by molar-refractivity contribution is 5.93. The monoisotopic (exact) mass is 466 g/mol. The normalized spacial score (nSPS) is 13.9. The van der Waals surface area contributed by atoms with E-state index >= 15 is 0 Å². The van der Waals surface area contributed by atoms with Gasteiger partial charge in [0.2, 0.25) is 0 Å². The zero-order valence-corrected chi connectivity index (χ0v) is 19.5. The van der Waals surface area contributed by atoms with E-state index in [-0.39, 0.29) is 30.7 Å². The summed E-state index contributed by atoms with van der Waals surface area (Å²) in [5, 5.41) is 19.0. The first-order valence-corrected chi connectivity index (χ1v) is 9.92. The highest BCUT2D eigenvalue weighted by atomic mass is 35.5. The van der Waals surface area contributed by atoms with E-state index in [1.54, 1.807) is 10.9 Å². The van der Waals surface area contributed by atoms with Gasteiger partial charge in [0.15, 0.2) is 11.5 Å². The molecule has 4 heterocycles. The summed E-state index contributed by atoms with van der Waals surface area (Å²) in [6, 6.07) is 6.16. The van der Waals surface area contributed by atoms with Crippen molar-refractivity contribution in [3.8, 4) is 5.82 Å². The van der Waals surface area contributed by atoms with Crippen molar-refractivity contribution in [1.82, 2.24) is 40.4 Å². The average Bonchev–Trinajstić information content (AvgIpc) is 3.28. The Hall–Kier alpha value is -2.49. The number of aryl methyl sites for hydroxylation is 2. The smallest absolute Gasteiger partial charge is 0.274 e. The molecule has 168 valence electrons. The molecule has 1 amide bonds. The lowest BCUT2D eigenvalue weighted by Crippen LogP contribution is -2.30. The topological polar surface area (TPSA) is 103 Å². The van der Waals surface area contributed by atoms with Crippen LogP contribution < -0.4 is 10.6 Å². The molecular weight excluding hydrogens is 439 g/mol. The molecule has 31 heavy (non-hydrogen) atoms. The Bertz CT molecular complexity index is 1010. The maximum atomic E-state index is 12.6. The van der Waals surface area contributed by atoms with Gasteiger partial charge in [0.05, 0.1) is 17.4 Å². The third-order valence-electron chi connectivity index (χ3n) is 5.29. The van der Waals surface area contributed by atoms with E-state index in [0.29, 0.717) is 18.3 Å². The van der Waals surface area contributed by atoms with Crippen LogP contribution in [-0.2, 0) is 6.54 Å². The highest BCUT2D eigenvalue weighted by Gasteiger charge is 2.22. The number of pyridine rings is 1. The van der Waals surface area contributed by atoms with Gasteiger partial charge in [-0.05, 0) is 64.4 Å². The number of carbonyl (C=O) groups is 1. The third-order valence-corrected chi connectivity index (χ3v) is 5.29. The van der Waals surface area contributed by atoms with Crippen LogP contribution in [0.5, 0.6) is 0 Å². The SMILES string of the molecule is Cc1cc(C)n(-c2ccc(CNC(=O)c3nnn(C4CCNCC4)c3C)cn2)n1.Cl.Cl. The first-order chi connectivity index (χ1) is 14.0. The van der Waals surface area contributed by atoms with Gasteiger partial charge in [-0.1, -0.05) is 11.3 Å². The number of nitrogens with zero attached hydrogens (tertiary/aromatic N) is 6. The lowest BCUT2D eigenvalue weighted by molar-refractivity contribution is 0.0945. The summed E-state index contributed by atoms with van der Waals surface area (Å²) in [5.41, 5.74) is 4.09. The molecule has 3 aromatic heterocycles. The molecule has 11 heteroatoms. The number of nitrogens with one attached hydrogen (secondary N) is 2. The van der Waals surface area contributed by atoms with Crippen LogP contribution >= 0.6 is 24.8 Å². The summed E-state index contributed by atoms with van der Waals surface area (Å²) in [7, 11) is 0. The molecule has 0 aliphatic carbocycles. The largest absolute Gasteiger partial charge is 0.346 e. The zero-order chi connectivity index (χ0) is 20.4. The first-order valence-electron chi connectivity index (χ1n) is 9.92. The van der Waals surface area contributed by atoms with Gasteiger partial charge in [-0.3, -0.25) is 4.79 Å². The lowest BCUT2D eigenvalue weighted by atomic mass is 10.1. The number of piperidine rings is 1. The standard InChI is InChI=1S/C20H26N8O.2ClH/c1-13-10-14(2)27(25-13)18-5-4-16(11-22-18)12-23-20(29)19-15(3)28(26-24-19)17-6-8-21-9-7-17;;/h4-5,10-11,17,21H,6-9,12H2,1-3H3,(H,23,29);2*1H. The Morgan fingerprint density at radius 1 is 1.19 bits per heavy atom. The minimum Gasteiger partial charge on any atom is -0.346 e. The van der Waals surface area contributed by atoms with Crippen LogP contribution in [0.25, 0.3) is 5.82 Å². The number of aromatic nitrogens is 6. The summed E-state index contributed by atoms with van der Waals surface area (Å²) in [4.78, 5) is 17.1. The van der Waals surface area contributed by atoms with Crippen LogP contribution in [0.3, 0.4) is 0 Å². The van der Waals surface area contributed by atoms with Crippen LogP contribution in [0.2, 0.25) is 0 Å². The summed E-state index contributed by atoms with van der Waals surface area (Å²) in [6.45, 7) is 8.16. The maximum Gasteiger partial charge on any atom is 0.274 e. The number of rotatable bonds is 5. The van der Waals surface area contributed by atoms with E-state index in [1.807, 2.05) is 43.7 Å². The predicted octanol–water partition coefficient (Wildman–Crippen LogP) is 2.48. The van der Waals surface area contributed by atoms with Gasteiger partial charge < -0.3 is 10.6 Å². The minimum atomic E-state index is -0.217. The fourth-order valence-corrected chi connectivity index (χ4v) is 3.72. The molecule has 0 saturated carbocycles. The molecule has 2 N–H and O–H groups in total. The number of hydrogen-bond donors (Lipinski definition) is 2. The van der Waals surface area contributed by atoms with E-state index in [9.17, 15) is 4.79 Å². The van der Waals surface area contributed by atoms with Crippen LogP contribution in [-0.4, -0.2) is 48.8 Å². The zero-order valence-electron chi connectivity index (χ0n) is 17.8. The first kappa shape index (κ1) is 24.8. The minimum absolute atomic E-state index is 0. The van der Waals surface area contributed by atoms with Crippen LogP contribution in [0.1, 0.15) is 52.0 Å². The molecule has 0 spiro atoms. The second kappa shape index (κ2) is 10.7. The van der Waals surface area contributed by atoms with Gasteiger partial charge in [-0.25, -0.2) is 14.3 Å². The Morgan fingerprint density at radius 2 is 1.94 bits per heavy atom. The summed E-state index contributed by atoms with van der Waals surface area (Å²) in [5.74, 6) is 0.539. The molecule has 1 aliphatic heterocycles. The fourth-order valence-electron chi connectivity index (χ4n) is 3.72. The number of hydrogen-bond acceptors (Lipinski definition) is 6. The van der Waals surface area contributed by atoms with E-state index in [2.05, 4.69) is 31.0 Å². The highest BCUT2D eigenvalue weighted by Crippen LogP contribution is 2.20. The molecule has 0 bridgehead atoms. The van der Waals surface area contributed by atoms with Gasteiger partial charge >= 0.3 is 0 Å². The van der Waals surface area contributed by atoms with Gasteiger partial charge in [0.1, 0.15) is 0 Å². The molecule has 4 rings (SSSR count). The van der Waals surface area contributed by atoms with Crippen molar-refractivity contribution < 1.29 is 4.79 Å². The second-order valence-electron chi connectivity index (χ2n) is 7.50. The maximum absolute atomic E-state index is 12.6. The van der Waals surface area contributed by atoms with Crippen LogP contribution in [0.4, 0.5) is 0 Å².